The SMILES string of the molecule is CCOc1ccc([C@H]2CC(=O)Nc3c2c(=O)nc(SCc2ccccc2)n3C)cc1OCC. The van der Waals surface area contributed by atoms with Gasteiger partial charge in [0.15, 0.2) is 16.7 Å². The van der Waals surface area contributed by atoms with E-state index in [1.807, 2.05) is 69.4 Å². The van der Waals surface area contributed by atoms with Gasteiger partial charge in [-0.05, 0) is 37.1 Å². The average Bonchev–Trinajstić information content (AvgIpc) is 2.82. The first-order chi connectivity index (χ1) is 16.0. The minimum absolute atomic E-state index is 0.139. The van der Waals surface area contributed by atoms with Gasteiger partial charge < -0.3 is 19.4 Å². The monoisotopic (exact) mass is 465 g/mol. The van der Waals surface area contributed by atoms with E-state index < -0.39 is 5.92 Å². The average molecular weight is 466 g/mol. The highest BCUT2D eigenvalue weighted by Crippen LogP contribution is 2.39. The number of nitrogens with zero attached hydrogens (tertiary/aromatic N) is 2. The molecule has 0 fully saturated rings. The Kier molecular flexibility index (Phi) is 7.03. The second kappa shape index (κ2) is 10.1. The number of nitrogens with one attached hydrogen (secondary N) is 1. The second-order valence-corrected chi connectivity index (χ2v) is 8.61. The van der Waals surface area contributed by atoms with Gasteiger partial charge in [0, 0.05) is 25.1 Å². The number of benzene rings is 2. The number of anilines is 1. The maximum absolute atomic E-state index is 13.2. The van der Waals surface area contributed by atoms with Crippen molar-refractivity contribution in [1.29, 1.82) is 0 Å². The third kappa shape index (κ3) is 4.90. The van der Waals surface area contributed by atoms with Crippen molar-refractivity contribution in [2.75, 3.05) is 18.5 Å². The molecule has 0 unspecified atom stereocenters. The molecule has 1 N–H and O–H groups in total. The number of carbonyl (C=O) groups excluding carboxylic acids is 1. The van der Waals surface area contributed by atoms with Crippen LogP contribution in [0.15, 0.2) is 58.5 Å². The Balaban J connectivity index is 1.72. The van der Waals surface area contributed by atoms with Crippen LogP contribution in [0.4, 0.5) is 5.82 Å². The van der Waals surface area contributed by atoms with E-state index in [9.17, 15) is 9.59 Å². The molecule has 33 heavy (non-hydrogen) atoms. The van der Waals surface area contributed by atoms with Crippen LogP contribution in [-0.4, -0.2) is 28.7 Å². The number of carbonyl (C=O) groups is 1. The molecule has 3 aromatic rings. The van der Waals surface area contributed by atoms with E-state index >= 15 is 0 Å². The minimum Gasteiger partial charge on any atom is -0.490 e. The predicted octanol–water partition coefficient (Wildman–Crippen LogP) is 4.34. The summed E-state index contributed by atoms with van der Waals surface area (Å²) >= 11 is 1.47. The topological polar surface area (TPSA) is 82.5 Å². The molecule has 1 amide bonds. The van der Waals surface area contributed by atoms with Crippen molar-refractivity contribution >= 4 is 23.5 Å². The summed E-state index contributed by atoms with van der Waals surface area (Å²) < 4.78 is 13.2. The van der Waals surface area contributed by atoms with E-state index in [0.29, 0.717) is 47.0 Å². The van der Waals surface area contributed by atoms with Crippen LogP contribution in [0.2, 0.25) is 0 Å². The number of amides is 1. The number of ether oxygens (including phenoxy) is 2. The maximum Gasteiger partial charge on any atom is 0.279 e. The second-order valence-electron chi connectivity index (χ2n) is 7.67. The van der Waals surface area contributed by atoms with E-state index in [1.165, 1.54) is 11.8 Å². The van der Waals surface area contributed by atoms with Crippen LogP contribution in [0.5, 0.6) is 11.5 Å². The lowest BCUT2D eigenvalue weighted by molar-refractivity contribution is -0.116. The van der Waals surface area contributed by atoms with Crippen molar-refractivity contribution < 1.29 is 14.3 Å². The number of fused-ring (bicyclic) bond motifs is 1. The summed E-state index contributed by atoms with van der Waals surface area (Å²) in [6.07, 6.45) is 0.167. The molecule has 1 aromatic heterocycles. The Hall–Kier alpha value is -3.26. The van der Waals surface area contributed by atoms with Gasteiger partial charge in [0.25, 0.3) is 5.56 Å². The van der Waals surface area contributed by atoms with Gasteiger partial charge in [-0.2, -0.15) is 4.98 Å². The summed E-state index contributed by atoms with van der Waals surface area (Å²) in [6, 6.07) is 15.6. The summed E-state index contributed by atoms with van der Waals surface area (Å²) in [5.41, 5.74) is 2.12. The minimum atomic E-state index is -0.414. The van der Waals surface area contributed by atoms with E-state index in [2.05, 4.69) is 10.3 Å². The Labute approximate surface area is 197 Å². The standard InChI is InChI=1S/C25H27N3O4S/c1-4-31-19-12-11-17(13-20(19)32-5-2)18-14-21(29)26-23-22(18)24(30)27-25(28(23)3)33-15-16-9-7-6-8-10-16/h6-13,18H,4-5,14-15H2,1-3H3,(H,26,29)/t18-/m1/s1. The lowest BCUT2D eigenvalue weighted by Gasteiger charge is -2.28. The first kappa shape index (κ1) is 22.9. The zero-order chi connectivity index (χ0) is 23.4. The van der Waals surface area contributed by atoms with Gasteiger partial charge in [0.2, 0.25) is 5.91 Å². The van der Waals surface area contributed by atoms with Crippen molar-refractivity contribution in [2.24, 2.45) is 7.05 Å². The molecule has 8 heteroatoms. The van der Waals surface area contributed by atoms with Gasteiger partial charge in [0.1, 0.15) is 5.82 Å². The summed E-state index contributed by atoms with van der Waals surface area (Å²) in [4.78, 5) is 30.2. The Morgan fingerprint density at radius 3 is 2.52 bits per heavy atom. The molecule has 1 aliphatic heterocycles. The Bertz CT molecular complexity index is 1210. The molecular formula is C25H27N3O4S. The first-order valence-electron chi connectivity index (χ1n) is 11.0. The van der Waals surface area contributed by atoms with Crippen LogP contribution in [-0.2, 0) is 17.6 Å². The van der Waals surface area contributed by atoms with Gasteiger partial charge in [-0.15, -0.1) is 0 Å². The number of thioether (sulfide) groups is 1. The third-order valence-electron chi connectivity index (χ3n) is 5.48. The first-order valence-corrected chi connectivity index (χ1v) is 12.0. The summed E-state index contributed by atoms with van der Waals surface area (Å²) in [6.45, 7) is 4.81. The van der Waals surface area contributed by atoms with Gasteiger partial charge in [-0.3, -0.25) is 9.59 Å². The molecule has 0 saturated heterocycles. The van der Waals surface area contributed by atoms with E-state index in [1.54, 1.807) is 4.57 Å². The summed E-state index contributed by atoms with van der Waals surface area (Å²) in [5, 5.41) is 3.45. The molecule has 0 aliphatic carbocycles. The molecule has 0 saturated carbocycles. The summed E-state index contributed by atoms with van der Waals surface area (Å²) in [5.74, 6) is 1.86. The molecule has 0 radical (unpaired) electrons. The fraction of sp³-hybridized carbons (Fsp3) is 0.320. The van der Waals surface area contributed by atoms with Crippen molar-refractivity contribution in [3.63, 3.8) is 0 Å². The molecular weight excluding hydrogens is 438 g/mol. The lowest BCUT2D eigenvalue weighted by Crippen LogP contribution is -2.33. The highest BCUT2D eigenvalue weighted by Gasteiger charge is 2.32. The van der Waals surface area contributed by atoms with Gasteiger partial charge >= 0.3 is 0 Å². The molecule has 1 atom stereocenters. The Morgan fingerprint density at radius 1 is 1.06 bits per heavy atom. The molecule has 0 spiro atoms. The molecule has 4 rings (SSSR count). The molecule has 7 nitrogen and oxygen atoms in total. The number of hydrogen-bond donors (Lipinski definition) is 1. The van der Waals surface area contributed by atoms with Crippen LogP contribution in [0.3, 0.4) is 0 Å². The van der Waals surface area contributed by atoms with Crippen LogP contribution < -0.4 is 20.3 Å². The molecule has 1 aliphatic rings. The van der Waals surface area contributed by atoms with Crippen molar-refractivity contribution in [3.05, 3.63) is 75.6 Å². The van der Waals surface area contributed by atoms with Crippen LogP contribution in [0.25, 0.3) is 0 Å². The van der Waals surface area contributed by atoms with Gasteiger partial charge in [0.05, 0.1) is 18.8 Å². The van der Waals surface area contributed by atoms with E-state index in [4.69, 9.17) is 9.47 Å². The van der Waals surface area contributed by atoms with Crippen molar-refractivity contribution in [1.82, 2.24) is 9.55 Å². The van der Waals surface area contributed by atoms with Crippen molar-refractivity contribution in [2.45, 2.75) is 37.1 Å². The molecule has 2 aromatic carbocycles. The number of aromatic nitrogens is 2. The van der Waals surface area contributed by atoms with Gasteiger partial charge in [-0.25, -0.2) is 0 Å². The van der Waals surface area contributed by atoms with E-state index in [-0.39, 0.29) is 17.9 Å². The Morgan fingerprint density at radius 2 is 1.79 bits per heavy atom. The predicted molar refractivity (Wildman–Crippen MR) is 129 cm³/mol. The van der Waals surface area contributed by atoms with E-state index in [0.717, 1.165) is 11.1 Å². The highest BCUT2D eigenvalue weighted by molar-refractivity contribution is 7.98. The smallest absolute Gasteiger partial charge is 0.279 e. The fourth-order valence-corrected chi connectivity index (χ4v) is 4.88. The fourth-order valence-electron chi connectivity index (χ4n) is 3.96. The molecule has 172 valence electrons. The quantitative estimate of drug-likeness (QED) is 0.394. The van der Waals surface area contributed by atoms with Crippen molar-refractivity contribution in [3.8, 4) is 11.5 Å². The van der Waals surface area contributed by atoms with Crippen LogP contribution in [0.1, 0.15) is 42.9 Å². The van der Waals surface area contributed by atoms with Crippen LogP contribution in [0, 0.1) is 0 Å². The molecule has 0 bridgehead atoms. The lowest BCUT2D eigenvalue weighted by atomic mass is 9.86. The molecule has 2 heterocycles. The third-order valence-corrected chi connectivity index (χ3v) is 6.58. The van der Waals surface area contributed by atoms with Gasteiger partial charge in [-0.1, -0.05) is 48.2 Å². The zero-order valence-electron chi connectivity index (χ0n) is 19.0. The number of rotatable bonds is 8. The largest absolute Gasteiger partial charge is 0.490 e. The summed E-state index contributed by atoms with van der Waals surface area (Å²) in [7, 11) is 1.82. The maximum atomic E-state index is 13.2. The number of hydrogen-bond acceptors (Lipinski definition) is 6. The normalized spacial score (nSPS) is 15.0. The zero-order valence-corrected chi connectivity index (χ0v) is 19.8. The highest BCUT2D eigenvalue weighted by atomic mass is 32.2. The van der Waals surface area contributed by atoms with Crippen LogP contribution >= 0.6 is 11.8 Å².